The Balaban J connectivity index is 2.22. The molecule has 0 saturated carbocycles. The normalized spacial score (nSPS) is 11.5. The number of oxime groups is 1. The molecule has 0 radical (unpaired) electrons. The van der Waals surface area contributed by atoms with E-state index in [2.05, 4.69) is 5.16 Å². The van der Waals surface area contributed by atoms with Gasteiger partial charge in [0.25, 0.3) is 0 Å². The van der Waals surface area contributed by atoms with Crippen molar-refractivity contribution in [2.45, 2.75) is 20.5 Å². The first kappa shape index (κ1) is 15.7. The highest BCUT2D eigenvalue weighted by atomic mass is 35.5. The summed E-state index contributed by atoms with van der Waals surface area (Å²) in [5.74, 6) is 0.663. The van der Waals surface area contributed by atoms with Crippen molar-refractivity contribution in [1.82, 2.24) is 0 Å². The van der Waals surface area contributed by atoms with Gasteiger partial charge in [-0.25, -0.2) is 0 Å². The molecule has 3 nitrogen and oxygen atoms in total. The molecule has 21 heavy (non-hydrogen) atoms. The largest absolute Gasteiger partial charge is 0.488 e. The minimum atomic E-state index is 0.353. The van der Waals surface area contributed by atoms with Crippen molar-refractivity contribution in [2.75, 3.05) is 0 Å². The van der Waals surface area contributed by atoms with E-state index >= 15 is 0 Å². The highest BCUT2D eigenvalue weighted by Gasteiger charge is 2.09. The van der Waals surface area contributed by atoms with Crippen molar-refractivity contribution in [3.63, 3.8) is 0 Å². The molecule has 5 heteroatoms. The first-order valence-corrected chi connectivity index (χ1v) is 7.13. The summed E-state index contributed by atoms with van der Waals surface area (Å²) in [5, 5.41) is 13.2. The van der Waals surface area contributed by atoms with Gasteiger partial charge >= 0.3 is 0 Å². The minimum absolute atomic E-state index is 0.353. The first-order valence-electron chi connectivity index (χ1n) is 6.37. The van der Waals surface area contributed by atoms with Crippen molar-refractivity contribution in [3.8, 4) is 5.75 Å². The minimum Gasteiger partial charge on any atom is -0.488 e. The number of benzene rings is 2. The third kappa shape index (κ3) is 3.90. The molecule has 1 N–H and O–H groups in total. The summed E-state index contributed by atoms with van der Waals surface area (Å²) in [7, 11) is 0. The van der Waals surface area contributed by atoms with E-state index in [9.17, 15) is 0 Å². The van der Waals surface area contributed by atoms with Crippen LogP contribution >= 0.6 is 23.2 Å². The summed E-state index contributed by atoms with van der Waals surface area (Å²) in [6.07, 6.45) is 0. The molecule has 0 unspecified atom stereocenters. The lowest BCUT2D eigenvalue weighted by Crippen LogP contribution is -2.03. The van der Waals surface area contributed by atoms with Gasteiger partial charge in [-0.15, -0.1) is 0 Å². The van der Waals surface area contributed by atoms with E-state index in [0.29, 0.717) is 28.1 Å². The zero-order valence-corrected chi connectivity index (χ0v) is 13.2. The van der Waals surface area contributed by atoms with Crippen LogP contribution in [-0.2, 0) is 6.61 Å². The van der Waals surface area contributed by atoms with Gasteiger partial charge in [-0.05, 0) is 49.2 Å². The van der Waals surface area contributed by atoms with E-state index in [4.69, 9.17) is 33.1 Å². The number of ether oxygens (including phenoxy) is 1. The molecule has 0 amide bonds. The summed E-state index contributed by atoms with van der Waals surface area (Å²) >= 11 is 11.9. The topological polar surface area (TPSA) is 41.8 Å². The molecule has 2 aromatic rings. The fraction of sp³-hybridized carbons (Fsp3) is 0.188. The van der Waals surface area contributed by atoms with Crippen LogP contribution in [0, 0.1) is 6.92 Å². The van der Waals surface area contributed by atoms with Crippen molar-refractivity contribution in [1.29, 1.82) is 0 Å². The quantitative estimate of drug-likeness (QED) is 0.484. The van der Waals surface area contributed by atoms with E-state index in [1.165, 1.54) is 0 Å². The van der Waals surface area contributed by atoms with E-state index in [1.807, 2.05) is 31.2 Å². The van der Waals surface area contributed by atoms with Crippen LogP contribution in [0.4, 0.5) is 0 Å². The molecule has 0 fully saturated rings. The van der Waals surface area contributed by atoms with Crippen LogP contribution in [0.3, 0.4) is 0 Å². The van der Waals surface area contributed by atoms with E-state index in [1.54, 1.807) is 19.1 Å². The Morgan fingerprint density at radius 3 is 2.57 bits per heavy atom. The van der Waals surface area contributed by atoms with Crippen LogP contribution in [-0.4, -0.2) is 10.9 Å². The smallest absolute Gasteiger partial charge is 0.129 e. The second kappa shape index (κ2) is 6.83. The Kier molecular flexibility index (Phi) is 5.10. The van der Waals surface area contributed by atoms with E-state index < -0.39 is 0 Å². The number of rotatable bonds is 4. The average Bonchev–Trinajstić information content (AvgIpc) is 2.48. The fourth-order valence-electron chi connectivity index (χ4n) is 1.89. The first-order chi connectivity index (χ1) is 10.0. The standard InChI is InChI=1S/C16H15Cl2NO2/c1-10-3-5-13(11(2)19-20)16(7-10)21-9-12-4-6-14(17)15(18)8-12/h3-8,20H,9H2,1-2H3. The van der Waals surface area contributed by atoms with Crippen molar-refractivity contribution < 1.29 is 9.94 Å². The van der Waals surface area contributed by atoms with Crippen LogP contribution in [0.2, 0.25) is 10.0 Å². The zero-order chi connectivity index (χ0) is 15.4. The molecule has 2 aromatic carbocycles. The van der Waals surface area contributed by atoms with Gasteiger partial charge in [0.15, 0.2) is 0 Å². The van der Waals surface area contributed by atoms with Crippen molar-refractivity contribution in [2.24, 2.45) is 5.16 Å². The Labute approximate surface area is 133 Å². The second-order valence-corrected chi connectivity index (χ2v) is 5.54. The predicted molar refractivity (Wildman–Crippen MR) is 86.0 cm³/mol. The molecule has 2 rings (SSSR count). The fourth-order valence-corrected chi connectivity index (χ4v) is 2.21. The maximum Gasteiger partial charge on any atom is 0.129 e. The monoisotopic (exact) mass is 323 g/mol. The molecular formula is C16H15Cl2NO2. The van der Waals surface area contributed by atoms with Crippen LogP contribution in [0.5, 0.6) is 5.75 Å². The SMILES string of the molecule is CC(=NO)c1ccc(C)cc1OCc1ccc(Cl)c(Cl)c1. The number of hydrogen-bond donors (Lipinski definition) is 1. The van der Waals surface area contributed by atoms with Crippen LogP contribution in [0.1, 0.15) is 23.6 Å². The summed E-state index contributed by atoms with van der Waals surface area (Å²) in [5.41, 5.74) is 3.23. The van der Waals surface area contributed by atoms with Crippen molar-refractivity contribution in [3.05, 3.63) is 63.1 Å². The van der Waals surface area contributed by atoms with Crippen LogP contribution in [0.25, 0.3) is 0 Å². The van der Waals surface area contributed by atoms with Crippen LogP contribution in [0.15, 0.2) is 41.6 Å². The molecule has 0 spiro atoms. The zero-order valence-electron chi connectivity index (χ0n) is 11.7. The van der Waals surface area contributed by atoms with Gasteiger partial charge in [0.2, 0.25) is 0 Å². The van der Waals surface area contributed by atoms with Crippen molar-refractivity contribution >= 4 is 28.9 Å². The van der Waals surface area contributed by atoms with Gasteiger partial charge in [-0.3, -0.25) is 0 Å². The number of hydrogen-bond acceptors (Lipinski definition) is 3. The molecule has 0 heterocycles. The molecular weight excluding hydrogens is 309 g/mol. The molecule has 0 atom stereocenters. The molecule has 0 aliphatic heterocycles. The maximum absolute atomic E-state index is 8.93. The van der Waals surface area contributed by atoms with Gasteiger partial charge in [-0.2, -0.15) is 0 Å². The summed E-state index contributed by atoms with van der Waals surface area (Å²) in [6, 6.07) is 11.1. The Hall–Kier alpha value is -1.71. The Morgan fingerprint density at radius 2 is 1.90 bits per heavy atom. The lowest BCUT2D eigenvalue weighted by Gasteiger charge is -2.12. The molecule has 0 aromatic heterocycles. The molecule has 0 aliphatic carbocycles. The lowest BCUT2D eigenvalue weighted by atomic mass is 10.1. The highest BCUT2D eigenvalue weighted by Crippen LogP contribution is 2.25. The van der Waals surface area contributed by atoms with Gasteiger partial charge in [0, 0.05) is 5.56 Å². The lowest BCUT2D eigenvalue weighted by molar-refractivity contribution is 0.303. The second-order valence-electron chi connectivity index (χ2n) is 4.72. The highest BCUT2D eigenvalue weighted by molar-refractivity contribution is 6.42. The number of aryl methyl sites for hydroxylation is 1. The van der Waals surface area contributed by atoms with E-state index in [-0.39, 0.29) is 0 Å². The molecule has 0 bridgehead atoms. The van der Waals surface area contributed by atoms with Gasteiger partial charge < -0.3 is 9.94 Å². The van der Waals surface area contributed by atoms with E-state index in [0.717, 1.165) is 16.7 Å². The summed E-state index contributed by atoms with van der Waals surface area (Å²) < 4.78 is 5.83. The summed E-state index contributed by atoms with van der Waals surface area (Å²) in [4.78, 5) is 0. The summed E-state index contributed by atoms with van der Waals surface area (Å²) in [6.45, 7) is 4.05. The van der Waals surface area contributed by atoms with Gasteiger partial charge in [0.05, 0.1) is 15.8 Å². The molecule has 0 saturated heterocycles. The van der Waals surface area contributed by atoms with Gasteiger partial charge in [0.1, 0.15) is 12.4 Å². The maximum atomic E-state index is 8.93. The molecule has 110 valence electrons. The predicted octanol–water partition coefficient (Wildman–Crippen LogP) is 5.08. The van der Waals surface area contributed by atoms with Crippen LogP contribution < -0.4 is 4.74 Å². The average molecular weight is 324 g/mol. The number of halogens is 2. The van der Waals surface area contributed by atoms with Gasteiger partial charge in [-0.1, -0.05) is 40.5 Å². The Bertz CT molecular complexity index is 684. The molecule has 0 aliphatic rings. The Morgan fingerprint density at radius 1 is 1.14 bits per heavy atom. The third-order valence-electron chi connectivity index (χ3n) is 3.06. The third-order valence-corrected chi connectivity index (χ3v) is 3.79. The number of nitrogens with zero attached hydrogens (tertiary/aromatic N) is 1.